The van der Waals surface area contributed by atoms with E-state index in [0.29, 0.717) is 5.69 Å². The smallest absolute Gasteiger partial charge is 0.262 e. The molecule has 1 aliphatic carbocycles. The van der Waals surface area contributed by atoms with Crippen molar-refractivity contribution in [1.82, 2.24) is 0 Å². The second kappa shape index (κ2) is 5.41. The van der Waals surface area contributed by atoms with Gasteiger partial charge in [0.25, 0.3) is 10.0 Å². The van der Waals surface area contributed by atoms with Gasteiger partial charge in [0, 0.05) is 6.07 Å². The second-order valence-corrected chi connectivity index (χ2v) is 6.94. The summed E-state index contributed by atoms with van der Waals surface area (Å²) < 4.78 is 27.5. The van der Waals surface area contributed by atoms with Crippen molar-refractivity contribution in [2.45, 2.75) is 30.6 Å². The molecule has 0 unspecified atom stereocenters. The van der Waals surface area contributed by atoms with Gasteiger partial charge in [0.15, 0.2) is 0 Å². The number of phenolic OH excluding ortho intramolecular Hbond substituents is 1. The van der Waals surface area contributed by atoms with Crippen LogP contribution in [0.5, 0.6) is 5.75 Å². The van der Waals surface area contributed by atoms with E-state index < -0.39 is 10.0 Å². The lowest BCUT2D eigenvalue weighted by atomic mass is 9.91. The Kier molecular flexibility index (Phi) is 3.59. The molecule has 0 saturated heterocycles. The van der Waals surface area contributed by atoms with Crippen molar-refractivity contribution in [2.24, 2.45) is 0 Å². The molecule has 0 spiro atoms. The number of anilines is 1. The van der Waals surface area contributed by atoms with E-state index in [1.165, 1.54) is 29.8 Å². The molecule has 2 aromatic carbocycles. The van der Waals surface area contributed by atoms with Crippen LogP contribution in [0.15, 0.2) is 47.4 Å². The predicted molar refractivity (Wildman–Crippen MR) is 82.0 cm³/mol. The number of hydrogen-bond acceptors (Lipinski definition) is 3. The minimum atomic E-state index is -3.68. The lowest BCUT2D eigenvalue weighted by molar-refractivity contribution is 0.473. The van der Waals surface area contributed by atoms with Crippen molar-refractivity contribution < 1.29 is 13.5 Å². The molecule has 0 saturated carbocycles. The Bertz CT molecular complexity index is 769. The molecular weight excluding hydrogens is 286 g/mol. The maximum Gasteiger partial charge on any atom is 0.262 e. The summed E-state index contributed by atoms with van der Waals surface area (Å²) in [5.74, 6) is -0.0621. The quantitative estimate of drug-likeness (QED) is 0.915. The van der Waals surface area contributed by atoms with Crippen molar-refractivity contribution in [3.05, 3.63) is 53.6 Å². The number of nitrogens with one attached hydrogen (secondary N) is 1. The summed E-state index contributed by atoms with van der Waals surface area (Å²) in [5.41, 5.74) is 2.96. The molecule has 0 aromatic heterocycles. The Morgan fingerprint density at radius 2 is 1.76 bits per heavy atom. The highest BCUT2D eigenvalue weighted by molar-refractivity contribution is 7.92. The van der Waals surface area contributed by atoms with E-state index in [1.54, 1.807) is 6.07 Å². The van der Waals surface area contributed by atoms with Crippen LogP contribution in [0.2, 0.25) is 0 Å². The van der Waals surface area contributed by atoms with Crippen LogP contribution in [-0.4, -0.2) is 13.5 Å². The molecular formula is C16H17NO3S. The lowest BCUT2D eigenvalue weighted by Gasteiger charge is -2.20. The van der Waals surface area contributed by atoms with Gasteiger partial charge in [-0.2, -0.15) is 0 Å². The fourth-order valence-corrected chi connectivity index (χ4v) is 3.86. The van der Waals surface area contributed by atoms with Gasteiger partial charge in [-0.05, 0) is 55.0 Å². The fourth-order valence-electron chi connectivity index (χ4n) is 2.73. The summed E-state index contributed by atoms with van der Waals surface area (Å²) in [6.45, 7) is 0. The molecule has 2 N–H and O–H groups in total. The first kappa shape index (κ1) is 13.9. The normalized spacial score (nSPS) is 14.5. The Morgan fingerprint density at radius 1 is 1.00 bits per heavy atom. The highest BCUT2D eigenvalue weighted by Crippen LogP contribution is 2.29. The monoisotopic (exact) mass is 303 g/mol. The highest BCUT2D eigenvalue weighted by atomic mass is 32.2. The van der Waals surface area contributed by atoms with Gasteiger partial charge >= 0.3 is 0 Å². The first-order chi connectivity index (χ1) is 10.1. The van der Waals surface area contributed by atoms with Gasteiger partial charge in [0.05, 0.1) is 10.6 Å². The Hall–Kier alpha value is -2.01. The van der Waals surface area contributed by atoms with Crippen LogP contribution in [0, 0.1) is 0 Å². The van der Waals surface area contributed by atoms with Crippen molar-refractivity contribution in [2.75, 3.05) is 4.72 Å². The van der Waals surface area contributed by atoms with E-state index in [1.807, 2.05) is 6.07 Å². The van der Waals surface area contributed by atoms with Crippen LogP contribution in [0.3, 0.4) is 0 Å². The Balaban J connectivity index is 1.96. The minimum absolute atomic E-state index is 0.0621. The molecule has 1 aliphatic rings. The molecule has 0 amide bonds. The number of rotatable bonds is 3. The number of benzene rings is 2. The summed E-state index contributed by atoms with van der Waals surface area (Å²) >= 11 is 0. The van der Waals surface area contributed by atoms with E-state index in [9.17, 15) is 13.5 Å². The third kappa shape index (κ3) is 2.88. The number of aryl methyl sites for hydroxylation is 1. The van der Waals surface area contributed by atoms with Gasteiger partial charge in [0.1, 0.15) is 5.75 Å². The van der Waals surface area contributed by atoms with Crippen LogP contribution >= 0.6 is 0 Å². The Morgan fingerprint density at radius 3 is 2.57 bits per heavy atom. The third-order valence-electron chi connectivity index (χ3n) is 3.77. The van der Waals surface area contributed by atoms with E-state index in [-0.39, 0.29) is 10.6 Å². The molecule has 0 aliphatic heterocycles. The molecule has 2 aromatic rings. The molecule has 5 heteroatoms. The van der Waals surface area contributed by atoms with Gasteiger partial charge in [-0.25, -0.2) is 8.42 Å². The van der Waals surface area contributed by atoms with Gasteiger partial charge < -0.3 is 5.11 Å². The summed E-state index contributed by atoms with van der Waals surface area (Å²) in [6, 6.07) is 11.4. The van der Waals surface area contributed by atoms with Crippen molar-refractivity contribution in [1.29, 1.82) is 0 Å². The minimum Gasteiger partial charge on any atom is -0.508 e. The number of aromatic hydroxyl groups is 1. The molecule has 3 rings (SSSR count). The van der Waals surface area contributed by atoms with Gasteiger partial charge in [0.2, 0.25) is 0 Å². The second-order valence-electron chi connectivity index (χ2n) is 5.25. The van der Waals surface area contributed by atoms with Crippen molar-refractivity contribution >= 4 is 15.7 Å². The van der Waals surface area contributed by atoms with Gasteiger partial charge in [-0.15, -0.1) is 0 Å². The number of phenols is 1. The SMILES string of the molecule is O=S(=O)(Nc1cccc2c1CCCC2)c1cccc(O)c1. The zero-order valence-corrected chi connectivity index (χ0v) is 12.4. The van der Waals surface area contributed by atoms with Crippen LogP contribution in [-0.2, 0) is 22.9 Å². The topological polar surface area (TPSA) is 66.4 Å². The molecule has 21 heavy (non-hydrogen) atoms. The largest absolute Gasteiger partial charge is 0.508 e. The van der Waals surface area contributed by atoms with E-state index in [4.69, 9.17) is 0 Å². The number of fused-ring (bicyclic) bond motifs is 1. The third-order valence-corrected chi connectivity index (χ3v) is 5.13. The molecule has 0 bridgehead atoms. The van der Waals surface area contributed by atoms with Gasteiger partial charge in [-0.3, -0.25) is 4.72 Å². The van der Waals surface area contributed by atoms with Crippen LogP contribution in [0.1, 0.15) is 24.0 Å². The summed E-state index contributed by atoms with van der Waals surface area (Å²) in [5, 5.41) is 9.44. The van der Waals surface area contributed by atoms with Gasteiger partial charge in [-0.1, -0.05) is 18.2 Å². The molecule has 0 fully saturated rings. The summed E-state index contributed by atoms with van der Waals surface area (Å²) in [4.78, 5) is 0.0657. The maximum absolute atomic E-state index is 12.4. The number of hydrogen-bond donors (Lipinski definition) is 2. The maximum atomic E-state index is 12.4. The number of sulfonamides is 1. The molecule has 0 radical (unpaired) electrons. The van der Waals surface area contributed by atoms with E-state index >= 15 is 0 Å². The Labute approximate surface area is 124 Å². The van der Waals surface area contributed by atoms with Crippen LogP contribution in [0.25, 0.3) is 0 Å². The van der Waals surface area contributed by atoms with Crippen molar-refractivity contribution in [3.63, 3.8) is 0 Å². The zero-order valence-electron chi connectivity index (χ0n) is 11.5. The fraction of sp³-hybridized carbons (Fsp3) is 0.250. The lowest BCUT2D eigenvalue weighted by Crippen LogP contribution is -2.16. The molecule has 4 nitrogen and oxygen atoms in total. The van der Waals surface area contributed by atoms with Crippen LogP contribution in [0.4, 0.5) is 5.69 Å². The van der Waals surface area contributed by atoms with Crippen LogP contribution < -0.4 is 4.72 Å². The zero-order chi connectivity index (χ0) is 14.9. The first-order valence-electron chi connectivity index (χ1n) is 6.99. The molecule has 110 valence electrons. The van der Waals surface area contributed by atoms with E-state index in [0.717, 1.165) is 31.2 Å². The molecule has 0 atom stereocenters. The van der Waals surface area contributed by atoms with Crippen molar-refractivity contribution in [3.8, 4) is 5.75 Å². The summed E-state index contributed by atoms with van der Waals surface area (Å²) in [7, 11) is -3.68. The highest BCUT2D eigenvalue weighted by Gasteiger charge is 2.19. The standard InChI is InChI=1S/C16H17NO3S/c18-13-7-4-8-14(11-13)21(19,20)17-16-10-3-6-12-5-1-2-9-15(12)16/h3-4,6-8,10-11,17-18H,1-2,5,9H2. The average molecular weight is 303 g/mol. The molecule has 0 heterocycles. The predicted octanol–water partition coefficient (Wildman–Crippen LogP) is 3.07. The first-order valence-corrected chi connectivity index (χ1v) is 8.47. The summed E-state index contributed by atoms with van der Waals surface area (Å²) in [6.07, 6.45) is 4.12. The van der Waals surface area contributed by atoms with E-state index in [2.05, 4.69) is 10.8 Å². The average Bonchev–Trinajstić information content (AvgIpc) is 2.47.